The molecule has 40 heavy (non-hydrogen) atoms. The van der Waals surface area contributed by atoms with Crippen molar-refractivity contribution in [2.24, 2.45) is 0 Å². The van der Waals surface area contributed by atoms with Gasteiger partial charge in [0.05, 0.1) is 52.6 Å². The minimum absolute atomic E-state index is 0.420. The molecule has 0 saturated carbocycles. The normalized spacial score (nSPS) is 14.9. The van der Waals surface area contributed by atoms with Crippen molar-refractivity contribution in [3.63, 3.8) is 0 Å². The van der Waals surface area contributed by atoms with Crippen LogP contribution in [-0.4, -0.2) is 39.6 Å². The summed E-state index contributed by atoms with van der Waals surface area (Å²) in [6.07, 6.45) is 0. The summed E-state index contributed by atoms with van der Waals surface area (Å²) in [5.74, 6) is 2.07. The van der Waals surface area contributed by atoms with Gasteiger partial charge in [-0.05, 0) is 74.0 Å². The lowest BCUT2D eigenvalue weighted by atomic mass is 9.79. The molecule has 5 nitrogen and oxygen atoms in total. The Labute approximate surface area is 278 Å². The van der Waals surface area contributed by atoms with Gasteiger partial charge >= 0.3 is 7.12 Å². The van der Waals surface area contributed by atoms with Crippen molar-refractivity contribution in [3.8, 4) is 17.2 Å². The predicted octanol–water partition coefficient (Wildman–Crippen LogP) is 10.2. The summed E-state index contributed by atoms with van der Waals surface area (Å²) in [6.45, 7) is 7.96. The molecule has 0 aromatic heterocycles. The largest absolute Gasteiger partial charge is 0.497 e. The molecule has 1 fully saturated rings. The number of ether oxygens (including phenoxy) is 3. The van der Waals surface area contributed by atoms with Gasteiger partial charge in [0, 0.05) is 31.6 Å². The molecule has 13 heteroatoms. The summed E-state index contributed by atoms with van der Waals surface area (Å²) in [5, 5.41) is 2.52. The Bertz CT molecular complexity index is 1270. The molecule has 0 atom stereocenters. The monoisotopic (exact) mass is 776 g/mol. The molecule has 1 aliphatic rings. The second-order valence-electron chi connectivity index (χ2n) is 9.31. The zero-order valence-electron chi connectivity index (χ0n) is 22.8. The van der Waals surface area contributed by atoms with E-state index in [0.717, 1.165) is 14.7 Å². The van der Waals surface area contributed by atoms with E-state index in [1.54, 1.807) is 51.7 Å². The Balaban J connectivity index is 0.000000228. The molecule has 3 aromatic carbocycles. The van der Waals surface area contributed by atoms with Crippen molar-refractivity contribution >= 4 is 102 Å². The quantitative estimate of drug-likeness (QED) is 0.195. The molecule has 1 heterocycles. The maximum Gasteiger partial charge on any atom is 0.496 e. The first-order valence-electron chi connectivity index (χ1n) is 11.6. The fourth-order valence-corrected chi connectivity index (χ4v) is 5.26. The van der Waals surface area contributed by atoms with E-state index in [2.05, 4.69) is 31.9 Å². The number of methoxy groups -OCH3 is 3. The van der Waals surface area contributed by atoms with Crippen molar-refractivity contribution in [1.82, 2.24) is 0 Å². The maximum atomic E-state index is 6.24. The minimum atomic E-state index is -0.551. The van der Waals surface area contributed by atoms with Crippen LogP contribution in [0.3, 0.4) is 0 Å². The molecular weight excluding hydrogens is 752 g/mol. The fourth-order valence-electron chi connectivity index (χ4n) is 3.14. The van der Waals surface area contributed by atoms with Crippen LogP contribution in [-0.2, 0) is 9.31 Å². The maximum absolute atomic E-state index is 6.24. The van der Waals surface area contributed by atoms with Gasteiger partial charge in [0.2, 0.25) is 0 Å². The van der Waals surface area contributed by atoms with E-state index in [9.17, 15) is 0 Å². The average molecular weight is 780 g/mol. The van der Waals surface area contributed by atoms with Gasteiger partial charge in [0.25, 0.3) is 0 Å². The van der Waals surface area contributed by atoms with E-state index < -0.39 is 18.3 Å². The highest BCUT2D eigenvalue weighted by molar-refractivity contribution is 9.10. The van der Waals surface area contributed by atoms with Crippen LogP contribution < -0.4 is 19.7 Å². The second kappa shape index (κ2) is 15.3. The molecule has 1 aliphatic heterocycles. The van der Waals surface area contributed by atoms with Crippen LogP contribution in [0.25, 0.3) is 0 Å². The highest BCUT2D eigenvalue weighted by Crippen LogP contribution is 2.38. The van der Waals surface area contributed by atoms with E-state index in [0.29, 0.717) is 42.1 Å². The molecule has 3 aromatic rings. The highest BCUT2D eigenvalue weighted by atomic mass is 79.9. The molecule has 0 N–H and O–H groups in total. The molecule has 0 radical (unpaired) electrons. The number of halogens is 7. The zero-order chi connectivity index (χ0) is 30.4. The Morgan fingerprint density at radius 3 is 1.52 bits per heavy atom. The van der Waals surface area contributed by atoms with Crippen LogP contribution in [0.2, 0.25) is 25.1 Å². The van der Waals surface area contributed by atoms with Gasteiger partial charge < -0.3 is 23.5 Å². The SMILES string of the molecule is COc1cc(Cl)c(Cl)c(B2OC(C)(C)C(C)(C)O2)c1.COc1cc(Cl)c(Cl)c(Br)c1.COc1cc(Cl)cc(Br)c1. The Kier molecular flexibility index (Phi) is 13.6. The van der Waals surface area contributed by atoms with E-state index in [-0.39, 0.29) is 0 Å². The summed E-state index contributed by atoms with van der Waals surface area (Å²) in [4.78, 5) is 0. The summed E-state index contributed by atoms with van der Waals surface area (Å²) in [5.41, 5.74) is -0.155. The third-order valence-electron chi connectivity index (χ3n) is 6.04. The molecule has 0 aliphatic carbocycles. The Morgan fingerprint density at radius 1 is 0.625 bits per heavy atom. The van der Waals surface area contributed by atoms with Crippen molar-refractivity contribution < 1.29 is 23.5 Å². The number of benzene rings is 3. The summed E-state index contributed by atoms with van der Waals surface area (Å²) >= 11 is 36.1. The van der Waals surface area contributed by atoms with E-state index >= 15 is 0 Å². The average Bonchev–Trinajstić information content (AvgIpc) is 3.10. The van der Waals surface area contributed by atoms with E-state index in [1.807, 2.05) is 39.8 Å². The first-order valence-corrected chi connectivity index (χ1v) is 15.1. The second-order valence-corrected chi connectivity index (χ2v) is 13.1. The van der Waals surface area contributed by atoms with E-state index in [4.69, 9.17) is 81.5 Å². The van der Waals surface area contributed by atoms with Gasteiger partial charge in [-0.3, -0.25) is 0 Å². The lowest BCUT2D eigenvalue weighted by Crippen LogP contribution is -2.41. The highest BCUT2D eigenvalue weighted by Gasteiger charge is 2.52. The van der Waals surface area contributed by atoms with Gasteiger partial charge in [0.15, 0.2) is 0 Å². The lowest BCUT2D eigenvalue weighted by molar-refractivity contribution is 0.00578. The van der Waals surface area contributed by atoms with Crippen molar-refractivity contribution in [3.05, 3.63) is 76.5 Å². The summed E-state index contributed by atoms with van der Waals surface area (Å²) in [7, 11) is 4.21. The van der Waals surface area contributed by atoms with E-state index in [1.165, 1.54) is 0 Å². The van der Waals surface area contributed by atoms with Gasteiger partial charge in [-0.25, -0.2) is 0 Å². The third kappa shape index (κ3) is 9.48. The number of hydrogen-bond acceptors (Lipinski definition) is 5. The summed E-state index contributed by atoms with van der Waals surface area (Å²) < 4.78 is 28.7. The van der Waals surface area contributed by atoms with Gasteiger partial charge in [0.1, 0.15) is 17.2 Å². The molecular formula is C27H28BBr2Cl5O5. The van der Waals surface area contributed by atoms with Crippen LogP contribution in [0.15, 0.2) is 51.4 Å². The summed E-state index contributed by atoms with van der Waals surface area (Å²) in [6, 6.07) is 12.3. The lowest BCUT2D eigenvalue weighted by Gasteiger charge is -2.32. The van der Waals surface area contributed by atoms with Crippen LogP contribution in [0.5, 0.6) is 17.2 Å². The molecule has 1 saturated heterocycles. The van der Waals surface area contributed by atoms with Crippen LogP contribution >= 0.6 is 89.9 Å². The minimum Gasteiger partial charge on any atom is -0.497 e. The van der Waals surface area contributed by atoms with Gasteiger partial charge in [-0.2, -0.15) is 0 Å². The smallest absolute Gasteiger partial charge is 0.496 e. The molecule has 0 spiro atoms. The fraction of sp³-hybridized carbons (Fsp3) is 0.333. The van der Waals surface area contributed by atoms with Crippen molar-refractivity contribution in [2.45, 2.75) is 38.9 Å². The first-order chi connectivity index (χ1) is 18.5. The topological polar surface area (TPSA) is 46.2 Å². The Morgan fingerprint density at radius 2 is 1.07 bits per heavy atom. The van der Waals surface area contributed by atoms with Gasteiger partial charge in [-0.15, -0.1) is 0 Å². The number of rotatable bonds is 4. The molecule has 4 rings (SSSR count). The molecule has 0 amide bonds. The van der Waals surface area contributed by atoms with Crippen LogP contribution in [0.4, 0.5) is 0 Å². The Hall–Kier alpha value is -0.545. The van der Waals surface area contributed by atoms with Crippen LogP contribution in [0.1, 0.15) is 27.7 Å². The molecule has 218 valence electrons. The van der Waals surface area contributed by atoms with Crippen molar-refractivity contribution in [1.29, 1.82) is 0 Å². The van der Waals surface area contributed by atoms with Crippen molar-refractivity contribution in [2.75, 3.05) is 21.3 Å². The molecule has 0 unspecified atom stereocenters. The first kappa shape index (κ1) is 35.7. The molecule has 0 bridgehead atoms. The zero-order valence-corrected chi connectivity index (χ0v) is 29.8. The van der Waals surface area contributed by atoms with Gasteiger partial charge in [-0.1, -0.05) is 73.9 Å². The standard InChI is InChI=1S/C13H17BCl2O3.C7H5BrCl2O.C7H6BrClO/c1-12(2)13(3,4)19-14(18-12)9-6-8(17-5)7-10(15)11(9)16;1-11-4-2-5(8)7(10)6(9)3-4;1-10-7-3-5(8)2-6(9)4-7/h6-7H,1-5H3;2-3H,1H3;2-4H,1H3. The third-order valence-corrected chi connectivity index (χ3v) is 9.19. The predicted molar refractivity (Wildman–Crippen MR) is 175 cm³/mol. The van der Waals surface area contributed by atoms with Crippen LogP contribution in [0, 0.1) is 0 Å². The number of hydrogen-bond donors (Lipinski definition) is 0.